The van der Waals surface area contributed by atoms with E-state index in [1.54, 1.807) is 12.1 Å². The van der Waals surface area contributed by atoms with E-state index in [9.17, 15) is 9.18 Å². The van der Waals surface area contributed by atoms with Gasteiger partial charge < -0.3 is 9.64 Å². The van der Waals surface area contributed by atoms with Crippen molar-refractivity contribution < 1.29 is 13.9 Å². The van der Waals surface area contributed by atoms with E-state index in [0.717, 1.165) is 36.2 Å². The van der Waals surface area contributed by atoms with E-state index in [4.69, 9.17) is 4.74 Å². The molecule has 2 aromatic carbocycles. The Kier molecular flexibility index (Phi) is 4.33. The number of methoxy groups -OCH3 is 1. The molecule has 3 nitrogen and oxygen atoms in total. The van der Waals surface area contributed by atoms with Crippen LogP contribution in [-0.4, -0.2) is 13.1 Å². The van der Waals surface area contributed by atoms with Crippen LogP contribution in [-0.2, 0) is 9.53 Å². The topological polar surface area (TPSA) is 29.5 Å². The summed E-state index contributed by atoms with van der Waals surface area (Å²) >= 11 is 0. The van der Waals surface area contributed by atoms with Gasteiger partial charge in [0.05, 0.1) is 7.11 Å². The predicted octanol–water partition coefficient (Wildman–Crippen LogP) is 4.92. The minimum Gasteiger partial charge on any atom is -0.464 e. The van der Waals surface area contributed by atoms with Crippen LogP contribution in [0.2, 0.25) is 0 Å². The molecule has 132 valence electrons. The molecule has 1 aliphatic heterocycles. The van der Waals surface area contributed by atoms with Gasteiger partial charge in [-0.05, 0) is 60.7 Å². The molecular formula is C22H20FNO2. The summed E-state index contributed by atoms with van der Waals surface area (Å²) in [6.07, 6.45) is 4.89. The highest BCUT2D eigenvalue weighted by Gasteiger charge is 2.36. The highest BCUT2D eigenvalue weighted by molar-refractivity contribution is 5.95. The number of halogens is 1. The largest absolute Gasteiger partial charge is 0.464 e. The molecule has 1 unspecified atom stereocenters. The maximum atomic E-state index is 13.4. The molecule has 0 fully saturated rings. The number of benzene rings is 2. The van der Waals surface area contributed by atoms with Crippen molar-refractivity contribution >= 4 is 11.7 Å². The Hall–Kier alpha value is -2.88. The zero-order valence-corrected chi connectivity index (χ0v) is 14.6. The summed E-state index contributed by atoms with van der Waals surface area (Å²) in [4.78, 5) is 14.6. The zero-order valence-electron chi connectivity index (χ0n) is 14.6. The number of allylic oxidation sites excluding steroid dienone is 3. The molecule has 0 N–H and O–H groups in total. The first-order valence-corrected chi connectivity index (χ1v) is 8.81. The molecule has 1 aliphatic carbocycles. The monoisotopic (exact) mass is 349 g/mol. The van der Waals surface area contributed by atoms with Gasteiger partial charge in [-0.2, -0.15) is 0 Å². The minimum atomic E-state index is -0.362. The lowest BCUT2D eigenvalue weighted by molar-refractivity contribution is -0.136. The van der Waals surface area contributed by atoms with Crippen LogP contribution < -0.4 is 4.90 Å². The SMILES string of the molecule is COC(=O)C1=CC(c2ccc(F)cc2)C2=C(CCC2)N1c1ccccc1. The average Bonchev–Trinajstić information content (AvgIpc) is 3.17. The second-order valence-corrected chi connectivity index (χ2v) is 6.57. The van der Waals surface area contributed by atoms with E-state index < -0.39 is 0 Å². The van der Waals surface area contributed by atoms with Gasteiger partial charge in [-0.15, -0.1) is 0 Å². The lowest BCUT2D eigenvalue weighted by atomic mass is 9.86. The molecule has 0 amide bonds. The Morgan fingerprint density at radius 3 is 2.50 bits per heavy atom. The number of ether oxygens (including phenoxy) is 1. The van der Waals surface area contributed by atoms with Crippen molar-refractivity contribution in [1.82, 2.24) is 0 Å². The van der Waals surface area contributed by atoms with Crippen molar-refractivity contribution in [2.45, 2.75) is 25.2 Å². The normalized spacial score (nSPS) is 19.2. The molecule has 1 atom stereocenters. The average molecular weight is 349 g/mol. The first kappa shape index (κ1) is 16.6. The fourth-order valence-electron chi connectivity index (χ4n) is 3.92. The number of nitrogens with zero attached hydrogens (tertiary/aromatic N) is 1. The number of rotatable bonds is 3. The molecule has 2 aliphatic rings. The maximum absolute atomic E-state index is 13.4. The molecule has 26 heavy (non-hydrogen) atoms. The van der Waals surface area contributed by atoms with Crippen LogP contribution in [0.1, 0.15) is 30.7 Å². The standard InChI is InChI=1S/C22H20FNO2/c1-26-22(25)21-14-19(15-10-12-16(23)13-11-15)18-8-5-9-20(18)24(21)17-6-3-2-4-7-17/h2-4,6-7,10-14,19H,5,8-9H2,1H3. The third-order valence-electron chi connectivity index (χ3n) is 5.08. The van der Waals surface area contributed by atoms with Crippen LogP contribution in [0, 0.1) is 5.82 Å². The smallest absolute Gasteiger partial charge is 0.354 e. The molecule has 4 heteroatoms. The van der Waals surface area contributed by atoms with Gasteiger partial charge in [-0.25, -0.2) is 9.18 Å². The highest BCUT2D eigenvalue weighted by Crippen LogP contribution is 2.46. The van der Waals surface area contributed by atoms with Crippen molar-refractivity contribution in [1.29, 1.82) is 0 Å². The molecule has 2 aromatic rings. The Bertz CT molecular complexity index is 884. The van der Waals surface area contributed by atoms with Crippen LogP contribution in [0.5, 0.6) is 0 Å². The van der Waals surface area contributed by atoms with E-state index >= 15 is 0 Å². The highest BCUT2D eigenvalue weighted by atomic mass is 19.1. The molecular weight excluding hydrogens is 329 g/mol. The van der Waals surface area contributed by atoms with Crippen LogP contribution in [0.4, 0.5) is 10.1 Å². The number of carbonyl (C=O) groups excluding carboxylic acids is 1. The summed E-state index contributed by atoms with van der Waals surface area (Å²) in [5.41, 5.74) is 4.93. The minimum absolute atomic E-state index is 0.0258. The molecule has 4 rings (SSSR count). The quantitative estimate of drug-likeness (QED) is 0.736. The van der Waals surface area contributed by atoms with E-state index in [2.05, 4.69) is 0 Å². The number of hydrogen-bond acceptors (Lipinski definition) is 3. The fourth-order valence-corrected chi connectivity index (χ4v) is 3.92. The van der Waals surface area contributed by atoms with Gasteiger partial charge in [0.15, 0.2) is 0 Å². The summed E-state index contributed by atoms with van der Waals surface area (Å²) in [5, 5.41) is 0. The molecule has 0 bridgehead atoms. The van der Waals surface area contributed by atoms with Crippen molar-refractivity contribution in [2.24, 2.45) is 0 Å². The Morgan fingerprint density at radius 1 is 1.08 bits per heavy atom. The van der Waals surface area contributed by atoms with Gasteiger partial charge in [0.1, 0.15) is 11.5 Å². The van der Waals surface area contributed by atoms with E-state index in [-0.39, 0.29) is 17.7 Å². The van der Waals surface area contributed by atoms with Gasteiger partial charge >= 0.3 is 5.97 Å². The van der Waals surface area contributed by atoms with Gasteiger partial charge in [0.25, 0.3) is 0 Å². The second-order valence-electron chi connectivity index (χ2n) is 6.57. The molecule has 0 radical (unpaired) electrons. The summed E-state index contributed by atoms with van der Waals surface area (Å²) in [6.45, 7) is 0. The Balaban J connectivity index is 1.85. The van der Waals surface area contributed by atoms with Crippen molar-refractivity contribution in [3.63, 3.8) is 0 Å². The van der Waals surface area contributed by atoms with E-state index in [1.165, 1.54) is 24.8 Å². The molecule has 0 saturated heterocycles. The Labute approximate surface area is 152 Å². The number of anilines is 1. The first-order valence-electron chi connectivity index (χ1n) is 8.81. The van der Waals surface area contributed by atoms with E-state index in [1.807, 2.05) is 41.3 Å². The van der Waals surface area contributed by atoms with E-state index in [0.29, 0.717) is 5.70 Å². The van der Waals surface area contributed by atoms with Gasteiger partial charge in [-0.3, -0.25) is 0 Å². The van der Waals surface area contributed by atoms with Crippen LogP contribution in [0.3, 0.4) is 0 Å². The molecule has 1 heterocycles. The predicted molar refractivity (Wildman–Crippen MR) is 99.0 cm³/mol. The summed E-state index contributed by atoms with van der Waals surface area (Å²) in [7, 11) is 1.40. The second kappa shape index (κ2) is 6.79. The number of para-hydroxylation sites is 1. The van der Waals surface area contributed by atoms with Crippen LogP contribution >= 0.6 is 0 Å². The lowest BCUT2D eigenvalue weighted by Crippen LogP contribution is -2.31. The van der Waals surface area contributed by atoms with Gasteiger partial charge in [0.2, 0.25) is 0 Å². The van der Waals surface area contributed by atoms with Gasteiger partial charge in [-0.1, -0.05) is 30.3 Å². The summed E-state index contributed by atoms with van der Waals surface area (Å²) in [5.74, 6) is -0.644. The number of esters is 1. The maximum Gasteiger partial charge on any atom is 0.354 e. The number of carbonyl (C=O) groups is 1. The fraction of sp³-hybridized carbons (Fsp3) is 0.227. The van der Waals surface area contributed by atoms with Crippen molar-refractivity contribution in [2.75, 3.05) is 12.0 Å². The molecule has 0 spiro atoms. The molecule has 0 saturated carbocycles. The third-order valence-corrected chi connectivity index (χ3v) is 5.08. The first-order chi connectivity index (χ1) is 12.7. The third kappa shape index (κ3) is 2.81. The van der Waals surface area contributed by atoms with Gasteiger partial charge in [0, 0.05) is 17.3 Å². The summed E-state index contributed by atoms with van der Waals surface area (Å²) in [6, 6.07) is 16.4. The van der Waals surface area contributed by atoms with Crippen LogP contribution in [0.25, 0.3) is 0 Å². The van der Waals surface area contributed by atoms with Crippen molar-refractivity contribution in [3.8, 4) is 0 Å². The zero-order chi connectivity index (χ0) is 18.1. The van der Waals surface area contributed by atoms with Crippen LogP contribution in [0.15, 0.2) is 77.6 Å². The number of hydrogen-bond donors (Lipinski definition) is 0. The molecule has 0 aromatic heterocycles. The van der Waals surface area contributed by atoms with Crippen molar-refractivity contribution in [3.05, 3.63) is 89.0 Å². The Morgan fingerprint density at radius 2 is 1.81 bits per heavy atom. The lowest BCUT2D eigenvalue weighted by Gasteiger charge is -2.34. The summed E-state index contributed by atoms with van der Waals surface area (Å²) < 4.78 is 18.4.